The molecule has 24 heavy (non-hydrogen) atoms. The molecule has 0 saturated carbocycles. The lowest BCUT2D eigenvalue weighted by Gasteiger charge is -2.26. The number of nitrogens with zero attached hydrogens (tertiary/aromatic N) is 4. The van der Waals surface area contributed by atoms with Crippen molar-refractivity contribution in [2.75, 3.05) is 18.5 Å². The van der Waals surface area contributed by atoms with Crippen LogP contribution in [-0.4, -0.2) is 38.8 Å². The van der Waals surface area contributed by atoms with E-state index in [1.54, 1.807) is 20.0 Å². The summed E-state index contributed by atoms with van der Waals surface area (Å²) in [6, 6.07) is 9.88. The van der Waals surface area contributed by atoms with Crippen molar-refractivity contribution in [2.24, 2.45) is 7.05 Å². The predicted octanol–water partition coefficient (Wildman–Crippen LogP) is 3.50. The van der Waals surface area contributed by atoms with E-state index in [0.29, 0.717) is 11.6 Å². The monoisotopic (exact) mass is 344 g/mol. The number of halogens is 1. The van der Waals surface area contributed by atoms with Crippen molar-refractivity contribution in [1.29, 1.82) is 0 Å². The number of aliphatic hydroxyl groups is 1. The summed E-state index contributed by atoms with van der Waals surface area (Å²) in [6.07, 6.45) is 1.63. The Labute approximate surface area is 146 Å². The summed E-state index contributed by atoms with van der Waals surface area (Å²) >= 11 is 6.38. The van der Waals surface area contributed by atoms with Crippen LogP contribution in [0.5, 0.6) is 0 Å². The van der Waals surface area contributed by atoms with Gasteiger partial charge in [0, 0.05) is 32.4 Å². The molecular formula is C18H21ClN4O. The van der Waals surface area contributed by atoms with E-state index in [0.717, 1.165) is 28.2 Å². The Bertz CT molecular complexity index is 882. The molecule has 1 aromatic carbocycles. The Morgan fingerprint density at radius 3 is 2.67 bits per heavy atom. The molecule has 2 heterocycles. The van der Waals surface area contributed by atoms with E-state index in [1.165, 1.54) is 0 Å². The largest absolute Gasteiger partial charge is 0.389 e. The van der Waals surface area contributed by atoms with Crippen molar-refractivity contribution in [3.63, 3.8) is 0 Å². The quantitative estimate of drug-likeness (QED) is 0.787. The standard InChI is InChI=1S/C18H21ClN4O/c1-18(2,24)11-22(3)16-9-12(13(19)10-20-16)17-21-14-7-5-6-8-15(14)23(17)4/h5-10,24H,11H2,1-4H3. The molecule has 0 aliphatic carbocycles. The lowest BCUT2D eigenvalue weighted by atomic mass is 10.1. The number of anilines is 1. The number of hydrogen-bond acceptors (Lipinski definition) is 4. The maximum Gasteiger partial charge on any atom is 0.142 e. The fourth-order valence-electron chi connectivity index (χ4n) is 2.86. The first-order valence-corrected chi connectivity index (χ1v) is 8.15. The zero-order chi connectivity index (χ0) is 17.5. The molecule has 0 amide bonds. The predicted molar refractivity (Wildman–Crippen MR) is 98.5 cm³/mol. The molecule has 3 rings (SSSR count). The number of benzene rings is 1. The lowest BCUT2D eigenvalue weighted by molar-refractivity contribution is 0.0884. The van der Waals surface area contributed by atoms with Crippen LogP contribution in [0.4, 0.5) is 5.82 Å². The SMILES string of the molecule is CN(CC(C)(C)O)c1cc(-c2nc3ccccc3n2C)c(Cl)cn1. The average molecular weight is 345 g/mol. The van der Waals surface area contributed by atoms with Crippen molar-refractivity contribution in [1.82, 2.24) is 14.5 Å². The summed E-state index contributed by atoms with van der Waals surface area (Å²) in [5.74, 6) is 1.53. The van der Waals surface area contributed by atoms with E-state index < -0.39 is 5.60 Å². The maximum atomic E-state index is 10.0. The van der Waals surface area contributed by atoms with Crippen molar-refractivity contribution >= 4 is 28.5 Å². The summed E-state index contributed by atoms with van der Waals surface area (Å²) in [5, 5.41) is 10.6. The van der Waals surface area contributed by atoms with Gasteiger partial charge in [0.2, 0.25) is 0 Å². The Morgan fingerprint density at radius 2 is 2.00 bits per heavy atom. The van der Waals surface area contributed by atoms with Gasteiger partial charge in [-0.1, -0.05) is 23.7 Å². The third-order valence-corrected chi connectivity index (χ3v) is 4.19. The normalized spacial score (nSPS) is 11.9. The molecule has 1 N–H and O–H groups in total. The topological polar surface area (TPSA) is 54.2 Å². The maximum absolute atomic E-state index is 10.0. The summed E-state index contributed by atoms with van der Waals surface area (Å²) in [7, 11) is 3.87. The van der Waals surface area contributed by atoms with Crippen molar-refractivity contribution < 1.29 is 5.11 Å². The molecule has 3 aromatic rings. The summed E-state index contributed by atoms with van der Waals surface area (Å²) in [6.45, 7) is 4.00. The van der Waals surface area contributed by atoms with Crippen LogP contribution in [0.3, 0.4) is 0 Å². The van der Waals surface area contributed by atoms with E-state index >= 15 is 0 Å². The van der Waals surface area contributed by atoms with Gasteiger partial charge in [-0.3, -0.25) is 0 Å². The highest BCUT2D eigenvalue weighted by molar-refractivity contribution is 6.33. The number of para-hydroxylation sites is 2. The average Bonchev–Trinajstić information content (AvgIpc) is 2.83. The van der Waals surface area contributed by atoms with Gasteiger partial charge in [0.1, 0.15) is 11.6 Å². The van der Waals surface area contributed by atoms with Crippen LogP contribution in [0, 0.1) is 0 Å². The molecule has 0 aliphatic rings. The van der Waals surface area contributed by atoms with Gasteiger partial charge < -0.3 is 14.6 Å². The molecular weight excluding hydrogens is 324 g/mol. The van der Waals surface area contributed by atoms with Crippen LogP contribution in [0.25, 0.3) is 22.4 Å². The number of rotatable bonds is 4. The van der Waals surface area contributed by atoms with E-state index in [9.17, 15) is 5.11 Å². The minimum Gasteiger partial charge on any atom is -0.389 e. The number of hydrogen-bond donors (Lipinski definition) is 1. The number of aryl methyl sites for hydroxylation is 1. The highest BCUT2D eigenvalue weighted by Gasteiger charge is 2.19. The highest BCUT2D eigenvalue weighted by Crippen LogP contribution is 2.31. The van der Waals surface area contributed by atoms with Gasteiger partial charge >= 0.3 is 0 Å². The number of pyridine rings is 1. The molecule has 0 spiro atoms. The van der Waals surface area contributed by atoms with Gasteiger partial charge in [-0.2, -0.15) is 0 Å². The van der Waals surface area contributed by atoms with Crippen LogP contribution in [0.15, 0.2) is 36.5 Å². The molecule has 0 bridgehead atoms. The Balaban J connectivity index is 2.07. The number of aromatic nitrogens is 3. The zero-order valence-electron chi connectivity index (χ0n) is 14.3. The van der Waals surface area contributed by atoms with E-state index in [1.807, 2.05) is 53.9 Å². The Kier molecular flexibility index (Phi) is 4.24. The second-order valence-corrected chi connectivity index (χ2v) is 7.08. The lowest BCUT2D eigenvalue weighted by Crippen LogP contribution is -2.36. The van der Waals surface area contributed by atoms with Crippen LogP contribution in [0.2, 0.25) is 5.02 Å². The second-order valence-electron chi connectivity index (χ2n) is 6.67. The Morgan fingerprint density at radius 1 is 1.29 bits per heavy atom. The molecule has 0 saturated heterocycles. The van der Waals surface area contributed by atoms with Gasteiger partial charge in [0.05, 0.1) is 21.7 Å². The Hall–Kier alpha value is -2.11. The smallest absolute Gasteiger partial charge is 0.142 e. The molecule has 0 radical (unpaired) electrons. The third kappa shape index (κ3) is 3.23. The van der Waals surface area contributed by atoms with E-state index in [2.05, 4.69) is 4.98 Å². The summed E-state index contributed by atoms with van der Waals surface area (Å²) < 4.78 is 2.02. The highest BCUT2D eigenvalue weighted by atomic mass is 35.5. The number of likely N-dealkylation sites (N-methyl/N-ethyl adjacent to an activating group) is 1. The zero-order valence-corrected chi connectivity index (χ0v) is 15.0. The molecule has 0 fully saturated rings. The van der Waals surface area contributed by atoms with Crippen LogP contribution < -0.4 is 4.90 Å². The van der Waals surface area contributed by atoms with Crippen molar-refractivity contribution in [3.05, 3.63) is 41.6 Å². The first-order chi connectivity index (χ1) is 11.3. The van der Waals surface area contributed by atoms with Gasteiger partial charge in [-0.05, 0) is 32.0 Å². The molecule has 0 aliphatic heterocycles. The summed E-state index contributed by atoms with van der Waals surface area (Å²) in [5.41, 5.74) is 1.98. The van der Waals surface area contributed by atoms with Gasteiger partial charge in [-0.15, -0.1) is 0 Å². The van der Waals surface area contributed by atoms with Crippen LogP contribution >= 0.6 is 11.6 Å². The van der Waals surface area contributed by atoms with Gasteiger partial charge in [-0.25, -0.2) is 9.97 Å². The third-order valence-electron chi connectivity index (χ3n) is 3.88. The van der Waals surface area contributed by atoms with Crippen molar-refractivity contribution in [2.45, 2.75) is 19.4 Å². The molecule has 6 heteroatoms. The van der Waals surface area contributed by atoms with Crippen LogP contribution in [0.1, 0.15) is 13.8 Å². The van der Waals surface area contributed by atoms with E-state index in [-0.39, 0.29) is 0 Å². The van der Waals surface area contributed by atoms with Gasteiger partial charge in [0.15, 0.2) is 0 Å². The number of imidazole rings is 1. The molecule has 0 unspecified atom stereocenters. The van der Waals surface area contributed by atoms with Crippen LogP contribution in [-0.2, 0) is 7.05 Å². The first kappa shape index (κ1) is 16.7. The second kappa shape index (κ2) is 6.07. The fraction of sp³-hybridized carbons (Fsp3) is 0.333. The van der Waals surface area contributed by atoms with Crippen molar-refractivity contribution in [3.8, 4) is 11.4 Å². The minimum atomic E-state index is -0.811. The number of fused-ring (bicyclic) bond motifs is 1. The minimum absolute atomic E-state index is 0.462. The molecule has 2 aromatic heterocycles. The molecule has 0 atom stereocenters. The first-order valence-electron chi connectivity index (χ1n) is 7.77. The van der Waals surface area contributed by atoms with Gasteiger partial charge in [0.25, 0.3) is 0 Å². The molecule has 126 valence electrons. The fourth-order valence-corrected chi connectivity index (χ4v) is 3.04. The summed E-state index contributed by atoms with van der Waals surface area (Å²) in [4.78, 5) is 11.0. The van der Waals surface area contributed by atoms with E-state index in [4.69, 9.17) is 16.6 Å². The molecule has 5 nitrogen and oxygen atoms in total.